The predicted molar refractivity (Wildman–Crippen MR) is 88.8 cm³/mol. The summed E-state index contributed by atoms with van der Waals surface area (Å²) in [7, 11) is 0. The van der Waals surface area contributed by atoms with E-state index in [2.05, 4.69) is 0 Å². The zero-order chi connectivity index (χ0) is 18.1. The fourth-order valence-electron chi connectivity index (χ4n) is 2.50. The van der Waals surface area contributed by atoms with Crippen LogP contribution >= 0.6 is 0 Å². The van der Waals surface area contributed by atoms with Gasteiger partial charge < -0.3 is 9.47 Å². The Hall–Kier alpha value is -2.15. The molecule has 1 aromatic carbocycles. The lowest BCUT2D eigenvalue weighted by molar-refractivity contribution is -0.384. The molecule has 2 rings (SSSR count). The molecule has 1 unspecified atom stereocenters. The van der Waals surface area contributed by atoms with Gasteiger partial charge in [0.25, 0.3) is 5.69 Å². The zero-order valence-electron chi connectivity index (χ0n) is 14.7. The van der Waals surface area contributed by atoms with Gasteiger partial charge in [0.15, 0.2) is 0 Å². The van der Waals surface area contributed by atoms with E-state index >= 15 is 0 Å². The van der Waals surface area contributed by atoms with Crippen molar-refractivity contribution in [3.05, 3.63) is 39.9 Å². The van der Waals surface area contributed by atoms with Crippen LogP contribution in [0, 0.1) is 10.1 Å². The summed E-state index contributed by atoms with van der Waals surface area (Å²) in [6, 6.07) is 6.20. The van der Waals surface area contributed by atoms with Crippen molar-refractivity contribution in [3.63, 3.8) is 0 Å². The SMILES string of the molecule is CC(C)(C)OC(=O)N1CC(c2ccc([N+](=O)[O-])cc2)OCC1(C)C. The molecule has 0 N–H and O–H groups in total. The van der Waals surface area contributed by atoms with Gasteiger partial charge in [0.2, 0.25) is 0 Å². The second-order valence-corrected chi connectivity index (χ2v) is 7.55. The van der Waals surface area contributed by atoms with E-state index < -0.39 is 16.1 Å². The number of carbonyl (C=O) groups is 1. The predicted octanol–water partition coefficient (Wildman–Crippen LogP) is 3.68. The maximum absolute atomic E-state index is 12.5. The normalized spacial score (nSPS) is 20.5. The second kappa shape index (κ2) is 6.39. The average molecular weight is 336 g/mol. The van der Waals surface area contributed by atoms with Gasteiger partial charge in [-0.15, -0.1) is 0 Å². The molecular weight excluding hydrogens is 312 g/mol. The summed E-state index contributed by atoms with van der Waals surface area (Å²) in [4.78, 5) is 24.5. The Kier molecular flexibility index (Phi) is 4.85. The molecule has 0 spiro atoms. The molecule has 0 bridgehead atoms. The largest absolute Gasteiger partial charge is 0.444 e. The minimum atomic E-state index is -0.575. The maximum atomic E-state index is 12.5. The third-order valence-corrected chi connectivity index (χ3v) is 3.81. The Morgan fingerprint density at radius 2 is 1.92 bits per heavy atom. The van der Waals surface area contributed by atoms with Crippen LogP contribution in [0.3, 0.4) is 0 Å². The first-order valence-corrected chi connectivity index (χ1v) is 7.86. The van der Waals surface area contributed by atoms with Crippen molar-refractivity contribution in [2.24, 2.45) is 0 Å². The Labute approximate surface area is 141 Å². The minimum absolute atomic E-state index is 0.0267. The van der Waals surface area contributed by atoms with Crippen LogP contribution in [0.4, 0.5) is 10.5 Å². The quantitative estimate of drug-likeness (QED) is 0.608. The molecule has 24 heavy (non-hydrogen) atoms. The first kappa shape index (κ1) is 18.2. The summed E-state index contributed by atoms with van der Waals surface area (Å²) in [5.74, 6) is 0. The fourth-order valence-corrected chi connectivity index (χ4v) is 2.50. The van der Waals surface area contributed by atoms with E-state index in [-0.39, 0.29) is 17.9 Å². The third kappa shape index (κ3) is 4.23. The van der Waals surface area contributed by atoms with Crippen molar-refractivity contribution >= 4 is 11.8 Å². The van der Waals surface area contributed by atoms with Gasteiger partial charge in [-0.2, -0.15) is 0 Å². The van der Waals surface area contributed by atoms with Crippen molar-refractivity contribution < 1.29 is 19.2 Å². The van der Waals surface area contributed by atoms with E-state index in [9.17, 15) is 14.9 Å². The number of morpholine rings is 1. The summed E-state index contributed by atoms with van der Waals surface area (Å²) in [6.07, 6.45) is -0.728. The molecule has 1 aliphatic rings. The molecule has 7 nitrogen and oxygen atoms in total. The van der Waals surface area contributed by atoms with Gasteiger partial charge in [-0.1, -0.05) is 0 Å². The number of ether oxygens (including phenoxy) is 2. The number of amides is 1. The molecule has 0 aromatic heterocycles. The topological polar surface area (TPSA) is 81.9 Å². The number of benzene rings is 1. The number of non-ortho nitro benzene ring substituents is 1. The smallest absolute Gasteiger partial charge is 0.410 e. The molecule has 0 aliphatic carbocycles. The monoisotopic (exact) mass is 336 g/mol. The van der Waals surface area contributed by atoms with Crippen molar-refractivity contribution in [2.45, 2.75) is 51.9 Å². The van der Waals surface area contributed by atoms with E-state index in [1.54, 1.807) is 17.0 Å². The van der Waals surface area contributed by atoms with E-state index in [0.29, 0.717) is 13.2 Å². The second-order valence-electron chi connectivity index (χ2n) is 7.55. The standard InChI is InChI=1S/C17H24N2O5/c1-16(2,3)24-15(20)18-10-14(23-11-17(18,4)5)12-6-8-13(9-7-12)19(21)22/h6-9,14H,10-11H2,1-5H3. The molecule has 7 heteroatoms. The highest BCUT2D eigenvalue weighted by molar-refractivity contribution is 5.69. The van der Waals surface area contributed by atoms with Gasteiger partial charge in [0, 0.05) is 12.1 Å². The number of hydrogen-bond acceptors (Lipinski definition) is 5. The summed E-state index contributed by atoms with van der Waals surface area (Å²) < 4.78 is 11.4. The number of nitro benzene ring substituents is 1. The van der Waals surface area contributed by atoms with Gasteiger partial charge in [0.05, 0.1) is 23.6 Å². The summed E-state index contributed by atoms with van der Waals surface area (Å²) in [6.45, 7) is 10.0. The number of nitrogens with zero attached hydrogens (tertiary/aromatic N) is 2. The lowest BCUT2D eigenvalue weighted by Gasteiger charge is -2.45. The highest BCUT2D eigenvalue weighted by atomic mass is 16.6. The lowest BCUT2D eigenvalue weighted by atomic mass is 9.98. The number of carbonyl (C=O) groups excluding carboxylic acids is 1. The van der Waals surface area contributed by atoms with E-state index in [1.165, 1.54) is 12.1 Å². The van der Waals surface area contributed by atoms with Crippen LogP contribution in [-0.2, 0) is 9.47 Å². The molecule has 1 amide bonds. The van der Waals surface area contributed by atoms with E-state index in [1.807, 2.05) is 34.6 Å². The molecule has 1 saturated heterocycles. The molecular formula is C17H24N2O5. The van der Waals surface area contributed by atoms with Crippen molar-refractivity contribution in [2.75, 3.05) is 13.2 Å². The van der Waals surface area contributed by atoms with Crippen LogP contribution in [0.1, 0.15) is 46.3 Å². The first-order chi connectivity index (χ1) is 11.0. The lowest BCUT2D eigenvalue weighted by Crippen LogP contribution is -2.57. The van der Waals surface area contributed by atoms with Gasteiger partial charge >= 0.3 is 6.09 Å². The number of rotatable bonds is 2. The Bertz CT molecular complexity index is 619. The summed E-state index contributed by atoms with van der Waals surface area (Å²) in [5, 5.41) is 10.8. The van der Waals surface area contributed by atoms with Crippen LogP contribution in [-0.4, -0.2) is 40.2 Å². The zero-order valence-corrected chi connectivity index (χ0v) is 14.7. The summed E-state index contributed by atoms with van der Waals surface area (Å²) >= 11 is 0. The highest BCUT2D eigenvalue weighted by Crippen LogP contribution is 2.32. The van der Waals surface area contributed by atoms with Crippen molar-refractivity contribution in [3.8, 4) is 0 Å². The Morgan fingerprint density at radius 1 is 1.33 bits per heavy atom. The van der Waals surface area contributed by atoms with Crippen molar-refractivity contribution in [1.29, 1.82) is 0 Å². The van der Waals surface area contributed by atoms with Crippen LogP contribution in [0.2, 0.25) is 0 Å². The highest BCUT2D eigenvalue weighted by Gasteiger charge is 2.40. The minimum Gasteiger partial charge on any atom is -0.444 e. The van der Waals surface area contributed by atoms with Crippen LogP contribution < -0.4 is 0 Å². The Balaban J connectivity index is 2.17. The van der Waals surface area contributed by atoms with E-state index in [0.717, 1.165) is 5.56 Å². The third-order valence-electron chi connectivity index (χ3n) is 3.81. The molecule has 1 fully saturated rings. The molecule has 132 valence electrons. The van der Waals surface area contributed by atoms with Gasteiger partial charge in [0.1, 0.15) is 11.7 Å². The molecule has 1 aromatic rings. The van der Waals surface area contributed by atoms with Gasteiger partial charge in [-0.25, -0.2) is 4.79 Å². The average Bonchev–Trinajstić information content (AvgIpc) is 2.45. The molecule has 1 heterocycles. The first-order valence-electron chi connectivity index (χ1n) is 7.86. The van der Waals surface area contributed by atoms with Gasteiger partial charge in [-0.3, -0.25) is 15.0 Å². The van der Waals surface area contributed by atoms with Crippen molar-refractivity contribution in [1.82, 2.24) is 4.90 Å². The van der Waals surface area contributed by atoms with Crippen LogP contribution in [0.25, 0.3) is 0 Å². The molecule has 0 saturated carbocycles. The van der Waals surface area contributed by atoms with E-state index in [4.69, 9.17) is 9.47 Å². The summed E-state index contributed by atoms with van der Waals surface area (Å²) in [5.41, 5.74) is -0.239. The number of hydrogen-bond donors (Lipinski definition) is 0. The van der Waals surface area contributed by atoms with Crippen LogP contribution in [0.5, 0.6) is 0 Å². The molecule has 1 aliphatic heterocycles. The van der Waals surface area contributed by atoms with Gasteiger partial charge in [-0.05, 0) is 52.3 Å². The Morgan fingerprint density at radius 3 is 2.42 bits per heavy atom. The van der Waals surface area contributed by atoms with Crippen LogP contribution in [0.15, 0.2) is 24.3 Å². The molecule has 0 radical (unpaired) electrons. The molecule has 1 atom stereocenters. The number of nitro groups is 1. The maximum Gasteiger partial charge on any atom is 0.410 e. The fraction of sp³-hybridized carbons (Fsp3) is 0.588.